The van der Waals surface area contributed by atoms with Crippen LogP contribution < -0.4 is 19.6 Å². The van der Waals surface area contributed by atoms with Crippen molar-refractivity contribution in [1.29, 1.82) is 0 Å². The number of carbonyl (C=O) groups is 1. The number of thiazole rings is 1. The molecule has 1 aromatic heterocycles. The molecule has 0 saturated carbocycles. The van der Waals surface area contributed by atoms with E-state index in [1.54, 1.807) is 18.4 Å². The topological polar surface area (TPSA) is 69.9 Å². The molecule has 0 spiro atoms. The van der Waals surface area contributed by atoms with Crippen LogP contribution >= 0.6 is 22.9 Å². The molecule has 0 fully saturated rings. The van der Waals surface area contributed by atoms with Crippen LogP contribution in [0.2, 0.25) is 5.02 Å². The molecule has 1 atom stereocenters. The van der Waals surface area contributed by atoms with E-state index in [1.165, 1.54) is 16.9 Å². The maximum absolute atomic E-state index is 13.8. The number of allylic oxidation sites excluding steroid dienone is 1. The Bertz CT molecular complexity index is 1770. The molecule has 1 aliphatic heterocycles. The molecule has 0 bridgehead atoms. The largest absolute Gasteiger partial charge is 0.489 e. The van der Waals surface area contributed by atoms with Crippen molar-refractivity contribution >= 4 is 35.0 Å². The average molecular weight is 587 g/mol. The third kappa shape index (κ3) is 6.21. The lowest BCUT2D eigenvalue weighted by Gasteiger charge is -2.25. The minimum absolute atomic E-state index is 0.205. The van der Waals surface area contributed by atoms with E-state index in [-0.39, 0.29) is 12.2 Å². The van der Waals surface area contributed by atoms with Gasteiger partial charge in [-0.15, -0.1) is 0 Å². The second kappa shape index (κ2) is 12.3. The predicted molar refractivity (Wildman–Crippen MR) is 163 cm³/mol. The van der Waals surface area contributed by atoms with E-state index in [1.807, 2.05) is 78.9 Å². The van der Waals surface area contributed by atoms with Gasteiger partial charge in [0.1, 0.15) is 12.4 Å². The zero-order chi connectivity index (χ0) is 29.1. The SMILES string of the molecule is CCOC(=O)C1=C(C)N=c2s/c(=C\c3ccc(OCc4ccc(Cl)cc4)cc3)c(=O)n2C1c1ccc(C(C)C)cc1. The van der Waals surface area contributed by atoms with E-state index in [4.69, 9.17) is 21.1 Å². The third-order valence-corrected chi connectivity index (χ3v) is 8.17. The van der Waals surface area contributed by atoms with Crippen LogP contribution in [0.1, 0.15) is 61.9 Å². The summed E-state index contributed by atoms with van der Waals surface area (Å²) >= 11 is 7.26. The van der Waals surface area contributed by atoms with Crippen molar-refractivity contribution in [2.45, 2.75) is 46.3 Å². The van der Waals surface area contributed by atoms with Crippen molar-refractivity contribution < 1.29 is 14.3 Å². The van der Waals surface area contributed by atoms with Crippen LogP contribution in [0.3, 0.4) is 0 Å². The summed E-state index contributed by atoms with van der Waals surface area (Å²) in [5.41, 5.74) is 4.62. The quantitative estimate of drug-likeness (QED) is 0.232. The fourth-order valence-electron chi connectivity index (χ4n) is 4.73. The number of esters is 1. The monoisotopic (exact) mass is 586 g/mol. The molecule has 0 amide bonds. The van der Waals surface area contributed by atoms with Crippen LogP contribution in [0, 0.1) is 0 Å². The lowest BCUT2D eigenvalue weighted by Crippen LogP contribution is -2.39. The Balaban J connectivity index is 1.49. The van der Waals surface area contributed by atoms with Crippen molar-refractivity contribution in [2.75, 3.05) is 6.61 Å². The summed E-state index contributed by atoms with van der Waals surface area (Å²) in [4.78, 5) is 32.1. The second-order valence-corrected chi connectivity index (χ2v) is 11.6. The summed E-state index contributed by atoms with van der Waals surface area (Å²) in [5, 5.41) is 0.686. The minimum atomic E-state index is -0.627. The van der Waals surface area contributed by atoms with E-state index >= 15 is 0 Å². The number of ether oxygens (including phenoxy) is 2. The Morgan fingerprint density at radius 1 is 1.05 bits per heavy atom. The standard InChI is InChI=1S/C33H31ClN2O4S/c1-5-39-32(38)29-21(4)35-33-36(30(29)25-12-10-24(11-13-25)20(2)3)31(37)28(41-33)18-22-8-16-27(17-9-22)40-19-23-6-14-26(34)15-7-23/h6-18,20,30H,5,19H2,1-4H3/b28-18-. The summed E-state index contributed by atoms with van der Waals surface area (Å²) < 4.78 is 13.4. The number of carbonyl (C=O) groups excluding carboxylic acids is 1. The first-order valence-electron chi connectivity index (χ1n) is 13.5. The first-order valence-corrected chi connectivity index (χ1v) is 14.7. The fraction of sp³-hybridized carbons (Fsp3) is 0.242. The molecular formula is C33H31ClN2O4S. The summed E-state index contributed by atoms with van der Waals surface area (Å²) in [5.74, 6) is 0.621. The number of benzene rings is 3. The highest BCUT2D eigenvalue weighted by Gasteiger charge is 2.33. The Hall–Kier alpha value is -3.94. The third-order valence-electron chi connectivity index (χ3n) is 6.93. The molecule has 4 aromatic rings. The molecule has 1 aliphatic rings. The lowest BCUT2D eigenvalue weighted by atomic mass is 9.93. The van der Waals surface area contributed by atoms with Gasteiger partial charge in [0.2, 0.25) is 0 Å². The van der Waals surface area contributed by atoms with Gasteiger partial charge in [0.15, 0.2) is 4.80 Å². The Labute approximate surface area is 247 Å². The minimum Gasteiger partial charge on any atom is -0.489 e. The Kier molecular flexibility index (Phi) is 8.57. The number of rotatable bonds is 8. The molecule has 0 aliphatic carbocycles. The van der Waals surface area contributed by atoms with Gasteiger partial charge in [-0.1, -0.05) is 85.3 Å². The Morgan fingerprint density at radius 3 is 2.37 bits per heavy atom. The van der Waals surface area contributed by atoms with Gasteiger partial charge in [-0.25, -0.2) is 9.79 Å². The Morgan fingerprint density at radius 2 is 1.73 bits per heavy atom. The van der Waals surface area contributed by atoms with Gasteiger partial charge in [0.25, 0.3) is 5.56 Å². The molecule has 2 heterocycles. The average Bonchev–Trinajstić information content (AvgIpc) is 3.26. The van der Waals surface area contributed by atoms with Crippen LogP contribution in [-0.4, -0.2) is 17.1 Å². The van der Waals surface area contributed by atoms with E-state index in [9.17, 15) is 9.59 Å². The molecule has 1 unspecified atom stereocenters. The van der Waals surface area contributed by atoms with Gasteiger partial charge in [-0.2, -0.15) is 0 Å². The summed E-state index contributed by atoms with van der Waals surface area (Å²) in [7, 11) is 0. The molecule has 0 saturated heterocycles. The van der Waals surface area contributed by atoms with Crippen molar-refractivity contribution in [2.24, 2.45) is 4.99 Å². The van der Waals surface area contributed by atoms with Crippen LogP contribution in [-0.2, 0) is 16.1 Å². The van der Waals surface area contributed by atoms with Crippen molar-refractivity contribution in [3.8, 4) is 5.75 Å². The normalized spacial score (nSPS) is 15.1. The highest BCUT2D eigenvalue weighted by Crippen LogP contribution is 2.31. The van der Waals surface area contributed by atoms with Crippen LogP contribution in [0.15, 0.2) is 93.9 Å². The first-order chi connectivity index (χ1) is 19.7. The molecule has 6 nitrogen and oxygen atoms in total. The maximum atomic E-state index is 13.8. The lowest BCUT2D eigenvalue weighted by molar-refractivity contribution is -0.139. The van der Waals surface area contributed by atoms with Gasteiger partial charge >= 0.3 is 5.97 Å². The smallest absolute Gasteiger partial charge is 0.338 e. The van der Waals surface area contributed by atoms with Gasteiger partial charge in [0, 0.05) is 5.02 Å². The van der Waals surface area contributed by atoms with Gasteiger partial charge < -0.3 is 9.47 Å². The first kappa shape index (κ1) is 28.6. The second-order valence-electron chi connectivity index (χ2n) is 10.1. The van der Waals surface area contributed by atoms with Crippen molar-refractivity contribution in [1.82, 2.24) is 4.57 Å². The van der Waals surface area contributed by atoms with Gasteiger partial charge in [-0.05, 0) is 72.4 Å². The summed E-state index contributed by atoms with van der Waals surface area (Å²) in [6.45, 7) is 8.48. The van der Waals surface area contributed by atoms with Crippen LogP contribution in [0.5, 0.6) is 5.75 Å². The number of fused-ring (bicyclic) bond motifs is 1. The van der Waals surface area contributed by atoms with Gasteiger partial charge in [0.05, 0.1) is 28.5 Å². The summed E-state index contributed by atoms with van der Waals surface area (Å²) in [6, 6.07) is 22.5. The number of nitrogens with zero attached hydrogens (tertiary/aromatic N) is 2. The molecule has 0 radical (unpaired) electrons. The highest BCUT2D eigenvalue weighted by atomic mass is 35.5. The fourth-order valence-corrected chi connectivity index (χ4v) is 5.90. The van der Waals surface area contributed by atoms with E-state index in [0.29, 0.717) is 38.2 Å². The zero-order valence-electron chi connectivity index (χ0n) is 23.4. The zero-order valence-corrected chi connectivity index (χ0v) is 25.0. The van der Waals surface area contributed by atoms with Gasteiger partial charge in [-0.3, -0.25) is 9.36 Å². The molecule has 8 heteroatoms. The van der Waals surface area contributed by atoms with Crippen molar-refractivity contribution in [3.63, 3.8) is 0 Å². The number of hydrogen-bond acceptors (Lipinski definition) is 6. The highest BCUT2D eigenvalue weighted by molar-refractivity contribution is 7.07. The molecule has 0 N–H and O–H groups in total. The van der Waals surface area contributed by atoms with E-state index in [0.717, 1.165) is 22.4 Å². The number of halogens is 1. The van der Waals surface area contributed by atoms with Crippen molar-refractivity contribution in [3.05, 3.63) is 131 Å². The summed E-state index contributed by atoms with van der Waals surface area (Å²) in [6.07, 6.45) is 1.84. The predicted octanol–water partition coefficient (Wildman–Crippen LogP) is 6.15. The molecular weight excluding hydrogens is 556 g/mol. The van der Waals surface area contributed by atoms with E-state index < -0.39 is 12.0 Å². The molecule has 5 rings (SSSR count). The van der Waals surface area contributed by atoms with Crippen LogP contribution in [0.25, 0.3) is 6.08 Å². The maximum Gasteiger partial charge on any atom is 0.338 e. The molecule has 3 aromatic carbocycles. The van der Waals surface area contributed by atoms with Crippen LogP contribution in [0.4, 0.5) is 0 Å². The molecule has 210 valence electrons. The number of aromatic nitrogens is 1. The molecule has 41 heavy (non-hydrogen) atoms. The van der Waals surface area contributed by atoms with E-state index in [2.05, 4.69) is 18.8 Å². The number of hydrogen-bond donors (Lipinski definition) is 0.